The standard InChI is InChI=1S/C17H19N3O5S/c21-15(8-9-17(22)23)12-4-6-14(7-5-12)26(24,25)19-16-11-13-3-1-2-10-20(13)18-16/h4-7,11H,1-3,8-10H2,(H,18,19)(H,22,23). The first kappa shape index (κ1) is 18.1. The molecule has 8 nitrogen and oxygen atoms in total. The number of ketones is 1. The van der Waals surface area contributed by atoms with Gasteiger partial charge in [0.05, 0.1) is 11.3 Å². The summed E-state index contributed by atoms with van der Waals surface area (Å²) in [6, 6.07) is 7.16. The number of hydrogen-bond acceptors (Lipinski definition) is 5. The second-order valence-electron chi connectivity index (χ2n) is 6.15. The number of anilines is 1. The zero-order valence-electron chi connectivity index (χ0n) is 14.0. The lowest BCUT2D eigenvalue weighted by atomic mass is 10.1. The number of Topliss-reactive ketones (excluding diaryl/α,β-unsaturated/α-hetero) is 1. The van der Waals surface area contributed by atoms with E-state index in [4.69, 9.17) is 5.11 Å². The van der Waals surface area contributed by atoms with Crippen LogP contribution >= 0.6 is 0 Å². The molecule has 0 unspecified atom stereocenters. The normalized spacial score (nSPS) is 13.8. The Morgan fingerprint density at radius 3 is 2.54 bits per heavy atom. The molecule has 0 fully saturated rings. The third-order valence-electron chi connectivity index (χ3n) is 4.21. The van der Waals surface area contributed by atoms with Crippen LogP contribution in [0.3, 0.4) is 0 Å². The summed E-state index contributed by atoms with van der Waals surface area (Å²) in [6.45, 7) is 0.782. The quantitative estimate of drug-likeness (QED) is 0.713. The van der Waals surface area contributed by atoms with Gasteiger partial charge in [-0.15, -0.1) is 0 Å². The molecule has 1 aromatic carbocycles. The molecule has 0 aliphatic carbocycles. The van der Waals surface area contributed by atoms with E-state index < -0.39 is 16.0 Å². The fourth-order valence-corrected chi connectivity index (χ4v) is 3.84. The van der Waals surface area contributed by atoms with E-state index in [1.165, 1.54) is 24.3 Å². The number of nitrogens with one attached hydrogen (secondary N) is 1. The summed E-state index contributed by atoms with van der Waals surface area (Å²) in [5, 5.41) is 12.9. The Balaban J connectivity index is 1.72. The number of aryl methyl sites for hydroxylation is 2. The molecule has 2 heterocycles. The van der Waals surface area contributed by atoms with Gasteiger partial charge in [-0.25, -0.2) is 8.42 Å². The number of aliphatic carboxylic acids is 1. The predicted molar refractivity (Wildman–Crippen MR) is 93.6 cm³/mol. The minimum absolute atomic E-state index is 0.0123. The summed E-state index contributed by atoms with van der Waals surface area (Å²) in [6.07, 6.45) is 2.58. The summed E-state index contributed by atoms with van der Waals surface area (Å²) >= 11 is 0. The molecule has 0 radical (unpaired) electrons. The van der Waals surface area contributed by atoms with Crippen molar-refractivity contribution in [3.8, 4) is 0 Å². The number of carbonyl (C=O) groups excluding carboxylic acids is 1. The van der Waals surface area contributed by atoms with Gasteiger partial charge in [-0.1, -0.05) is 12.1 Å². The van der Waals surface area contributed by atoms with Crippen LogP contribution in [0.1, 0.15) is 41.7 Å². The van der Waals surface area contributed by atoms with Gasteiger partial charge in [-0.05, 0) is 31.4 Å². The van der Waals surface area contributed by atoms with Gasteiger partial charge in [0.25, 0.3) is 10.0 Å². The third-order valence-corrected chi connectivity index (χ3v) is 5.58. The first-order valence-corrected chi connectivity index (χ1v) is 9.78. The SMILES string of the molecule is O=C(O)CCC(=O)c1ccc(S(=O)(=O)Nc2cc3n(n2)CCCC3)cc1. The molecule has 0 bridgehead atoms. The molecule has 2 N–H and O–H groups in total. The van der Waals surface area contributed by atoms with Crippen LogP contribution in [-0.4, -0.2) is 35.1 Å². The molecular formula is C17H19N3O5S. The Morgan fingerprint density at radius 1 is 1.15 bits per heavy atom. The number of benzene rings is 1. The molecule has 2 aromatic rings. The number of fused-ring (bicyclic) bond motifs is 1. The maximum Gasteiger partial charge on any atom is 0.303 e. The molecule has 0 spiro atoms. The summed E-state index contributed by atoms with van der Waals surface area (Å²) in [5.41, 5.74) is 1.29. The van der Waals surface area contributed by atoms with Crippen molar-refractivity contribution in [1.82, 2.24) is 9.78 Å². The van der Waals surface area contributed by atoms with Crippen molar-refractivity contribution < 1.29 is 23.1 Å². The number of carbonyl (C=O) groups is 2. The lowest BCUT2D eigenvalue weighted by Gasteiger charge is -2.11. The molecule has 0 saturated heterocycles. The Bertz CT molecular complexity index is 908. The van der Waals surface area contributed by atoms with Gasteiger partial charge in [0.2, 0.25) is 0 Å². The highest BCUT2D eigenvalue weighted by molar-refractivity contribution is 7.92. The lowest BCUT2D eigenvalue weighted by Crippen LogP contribution is -2.14. The third kappa shape index (κ3) is 4.10. The highest BCUT2D eigenvalue weighted by Crippen LogP contribution is 2.21. The minimum Gasteiger partial charge on any atom is -0.481 e. The molecule has 9 heteroatoms. The second kappa shape index (κ2) is 7.28. The number of rotatable bonds is 7. The number of hydrogen-bond donors (Lipinski definition) is 2. The van der Waals surface area contributed by atoms with Crippen LogP contribution in [0, 0.1) is 0 Å². The Labute approximate surface area is 150 Å². The van der Waals surface area contributed by atoms with E-state index in [9.17, 15) is 18.0 Å². The average molecular weight is 377 g/mol. The fraction of sp³-hybridized carbons (Fsp3) is 0.353. The van der Waals surface area contributed by atoms with E-state index in [0.717, 1.165) is 31.5 Å². The Morgan fingerprint density at radius 2 is 1.88 bits per heavy atom. The summed E-state index contributed by atoms with van der Waals surface area (Å²) in [5.74, 6) is -1.11. The first-order valence-electron chi connectivity index (χ1n) is 8.30. The summed E-state index contributed by atoms with van der Waals surface area (Å²) in [4.78, 5) is 22.4. The zero-order chi connectivity index (χ0) is 18.7. The van der Waals surface area contributed by atoms with Crippen molar-refractivity contribution in [2.24, 2.45) is 0 Å². The van der Waals surface area contributed by atoms with Crippen LogP contribution < -0.4 is 4.72 Å². The molecule has 26 heavy (non-hydrogen) atoms. The van der Waals surface area contributed by atoms with Gasteiger partial charge in [-0.2, -0.15) is 5.10 Å². The number of nitrogens with zero attached hydrogens (tertiary/aromatic N) is 2. The van der Waals surface area contributed by atoms with E-state index in [2.05, 4.69) is 9.82 Å². The van der Waals surface area contributed by atoms with Crippen LogP contribution in [0.15, 0.2) is 35.2 Å². The maximum atomic E-state index is 12.5. The van der Waals surface area contributed by atoms with Crippen molar-refractivity contribution in [2.45, 2.75) is 43.5 Å². The van der Waals surface area contributed by atoms with Crippen molar-refractivity contribution >= 4 is 27.6 Å². The van der Waals surface area contributed by atoms with Crippen molar-refractivity contribution in [2.75, 3.05) is 4.72 Å². The topological polar surface area (TPSA) is 118 Å². The van der Waals surface area contributed by atoms with Gasteiger partial charge < -0.3 is 5.11 Å². The summed E-state index contributed by atoms with van der Waals surface area (Å²) in [7, 11) is -3.81. The van der Waals surface area contributed by atoms with Crippen LogP contribution in [0.25, 0.3) is 0 Å². The van der Waals surface area contributed by atoms with E-state index in [1.807, 2.05) is 4.68 Å². The monoisotopic (exact) mass is 377 g/mol. The van der Waals surface area contributed by atoms with E-state index in [1.54, 1.807) is 6.07 Å². The molecule has 0 saturated carbocycles. The molecule has 0 amide bonds. The lowest BCUT2D eigenvalue weighted by molar-refractivity contribution is -0.136. The van der Waals surface area contributed by atoms with Crippen molar-refractivity contribution in [3.63, 3.8) is 0 Å². The number of carboxylic acids is 1. The smallest absolute Gasteiger partial charge is 0.303 e. The minimum atomic E-state index is -3.81. The van der Waals surface area contributed by atoms with Gasteiger partial charge in [0.15, 0.2) is 11.6 Å². The zero-order valence-corrected chi connectivity index (χ0v) is 14.8. The molecule has 0 atom stereocenters. The van der Waals surface area contributed by atoms with Crippen molar-refractivity contribution in [3.05, 3.63) is 41.6 Å². The highest BCUT2D eigenvalue weighted by atomic mass is 32.2. The predicted octanol–water partition coefficient (Wildman–Crippen LogP) is 2.07. The molecular weight excluding hydrogens is 358 g/mol. The van der Waals surface area contributed by atoms with Crippen LogP contribution in [0.5, 0.6) is 0 Å². The van der Waals surface area contributed by atoms with E-state index in [0.29, 0.717) is 0 Å². The second-order valence-corrected chi connectivity index (χ2v) is 7.83. The van der Waals surface area contributed by atoms with E-state index in [-0.39, 0.29) is 34.9 Å². The van der Waals surface area contributed by atoms with Gasteiger partial charge >= 0.3 is 5.97 Å². The van der Waals surface area contributed by atoms with Gasteiger partial charge in [-0.3, -0.25) is 19.0 Å². The first-order chi connectivity index (χ1) is 12.3. The maximum absolute atomic E-state index is 12.5. The number of sulfonamides is 1. The summed E-state index contributed by atoms with van der Waals surface area (Å²) < 4.78 is 29.2. The number of aromatic nitrogens is 2. The van der Waals surface area contributed by atoms with Crippen LogP contribution in [0.2, 0.25) is 0 Å². The highest BCUT2D eigenvalue weighted by Gasteiger charge is 2.19. The van der Waals surface area contributed by atoms with Crippen LogP contribution in [-0.2, 0) is 27.8 Å². The number of carboxylic acid groups (broad SMARTS) is 1. The van der Waals surface area contributed by atoms with E-state index >= 15 is 0 Å². The van der Waals surface area contributed by atoms with Crippen LogP contribution in [0.4, 0.5) is 5.82 Å². The van der Waals surface area contributed by atoms with Gasteiger partial charge in [0, 0.05) is 30.3 Å². The average Bonchev–Trinajstić information content (AvgIpc) is 3.01. The molecule has 1 aromatic heterocycles. The molecule has 1 aliphatic rings. The largest absolute Gasteiger partial charge is 0.481 e. The molecule has 1 aliphatic heterocycles. The Kier molecular flexibility index (Phi) is 5.08. The molecule has 3 rings (SSSR count). The fourth-order valence-electron chi connectivity index (χ4n) is 2.85. The Hall–Kier alpha value is -2.68. The molecule has 138 valence electrons. The van der Waals surface area contributed by atoms with Crippen molar-refractivity contribution in [1.29, 1.82) is 0 Å². The van der Waals surface area contributed by atoms with Gasteiger partial charge in [0.1, 0.15) is 0 Å².